The summed E-state index contributed by atoms with van der Waals surface area (Å²) in [6, 6.07) is 3.26. The first-order chi connectivity index (χ1) is 5.13. The van der Waals surface area contributed by atoms with Crippen LogP contribution in [0.15, 0.2) is 18.2 Å². The summed E-state index contributed by atoms with van der Waals surface area (Å²) in [4.78, 5) is 10.4. The van der Waals surface area contributed by atoms with E-state index in [-0.39, 0.29) is 0 Å². The van der Waals surface area contributed by atoms with Gasteiger partial charge in [-0.25, -0.2) is 8.78 Å². The maximum Gasteiger partial charge on any atom is 0.251 e. The van der Waals surface area contributed by atoms with E-state index in [0.29, 0.717) is 0 Å². The Bertz CT molecular complexity index is 298. The van der Waals surface area contributed by atoms with E-state index >= 15 is 0 Å². The summed E-state index contributed by atoms with van der Waals surface area (Å²) in [5.74, 6) is -3.23. The van der Waals surface area contributed by atoms with Crippen LogP contribution < -0.4 is 5.73 Å². The molecule has 0 saturated heterocycles. The summed E-state index contributed by atoms with van der Waals surface area (Å²) in [5, 5.41) is 0. The molecular weight excluding hydrogens is 152 g/mol. The minimum absolute atomic E-state index is 0.426. The van der Waals surface area contributed by atoms with Gasteiger partial charge >= 0.3 is 0 Å². The normalized spacial score (nSPS) is 9.64. The van der Waals surface area contributed by atoms with E-state index in [4.69, 9.17) is 5.73 Å². The Morgan fingerprint density at radius 2 is 2.00 bits per heavy atom. The Labute approximate surface area is 61.6 Å². The Hall–Kier alpha value is -1.45. The number of carbonyl (C=O) groups excluding carboxylic acids is 1. The fourth-order valence-electron chi connectivity index (χ4n) is 0.694. The third-order valence-electron chi connectivity index (χ3n) is 1.22. The molecule has 0 aliphatic heterocycles. The standard InChI is InChI=1S/C7H5F2NO/c8-5-3-1-2-4(6(5)9)7(10)11/h1-3H,(H2,10,11). The molecule has 1 rings (SSSR count). The van der Waals surface area contributed by atoms with Crippen LogP contribution in [0.3, 0.4) is 0 Å². The van der Waals surface area contributed by atoms with Crippen LogP contribution in [0.5, 0.6) is 0 Å². The molecule has 0 aromatic heterocycles. The summed E-state index contributed by atoms with van der Waals surface area (Å²) >= 11 is 0. The molecule has 0 unspecified atom stereocenters. The van der Waals surface area contributed by atoms with E-state index in [9.17, 15) is 13.6 Å². The zero-order chi connectivity index (χ0) is 8.43. The fraction of sp³-hybridized carbons (Fsp3) is 0. The lowest BCUT2D eigenvalue weighted by atomic mass is 10.2. The van der Waals surface area contributed by atoms with Crippen LogP contribution in [0.2, 0.25) is 0 Å². The van der Waals surface area contributed by atoms with E-state index in [2.05, 4.69) is 0 Å². The Balaban J connectivity index is 3.27. The molecular formula is C7H5F2NO. The van der Waals surface area contributed by atoms with E-state index in [1.165, 1.54) is 6.07 Å². The zero-order valence-electron chi connectivity index (χ0n) is 5.47. The van der Waals surface area contributed by atoms with Crippen molar-refractivity contribution in [1.82, 2.24) is 0 Å². The van der Waals surface area contributed by atoms with E-state index in [1.807, 2.05) is 0 Å². The van der Waals surface area contributed by atoms with Gasteiger partial charge in [-0.1, -0.05) is 6.07 Å². The number of rotatable bonds is 1. The van der Waals surface area contributed by atoms with Crippen molar-refractivity contribution in [3.05, 3.63) is 35.4 Å². The third-order valence-corrected chi connectivity index (χ3v) is 1.22. The van der Waals surface area contributed by atoms with Gasteiger partial charge < -0.3 is 5.73 Å². The van der Waals surface area contributed by atoms with Gasteiger partial charge in [-0.3, -0.25) is 4.79 Å². The van der Waals surface area contributed by atoms with Gasteiger partial charge in [-0.2, -0.15) is 0 Å². The number of hydrogen-bond donors (Lipinski definition) is 1. The maximum atomic E-state index is 12.6. The minimum atomic E-state index is -1.19. The number of benzene rings is 1. The van der Waals surface area contributed by atoms with Gasteiger partial charge in [0.05, 0.1) is 5.56 Å². The lowest BCUT2D eigenvalue weighted by Gasteiger charge is -1.96. The largest absolute Gasteiger partial charge is 0.366 e. The van der Waals surface area contributed by atoms with Crippen LogP contribution in [0, 0.1) is 11.6 Å². The van der Waals surface area contributed by atoms with Crippen molar-refractivity contribution in [2.75, 3.05) is 0 Å². The molecule has 0 radical (unpaired) electrons. The molecule has 0 aliphatic rings. The predicted octanol–water partition coefficient (Wildman–Crippen LogP) is 1.06. The summed E-state index contributed by atoms with van der Waals surface area (Å²) in [6.45, 7) is 0. The summed E-state index contributed by atoms with van der Waals surface area (Å²) in [5.41, 5.74) is 4.31. The zero-order valence-corrected chi connectivity index (χ0v) is 5.47. The topological polar surface area (TPSA) is 43.1 Å². The van der Waals surface area contributed by atoms with Gasteiger partial charge in [-0.05, 0) is 12.1 Å². The van der Waals surface area contributed by atoms with Gasteiger partial charge in [-0.15, -0.1) is 0 Å². The van der Waals surface area contributed by atoms with E-state index < -0.39 is 23.1 Å². The molecule has 0 fully saturated rings. The minimum Gasteiger partial charge on any atom is -0.366 e. The van der Waals surface area contributed by atoms with Crippen molar-refractivity contribution in [2.45, 2.75) is 0 Å². The quantitative estimate of drug-likeness (QED) is 0.650. The lowest BCUT2D eigenvalue weighted by molar-refractivity contribution is 0.0995. The van der Waals surface area contributed by atoms with Crippen LogP contribution in [0.25, 0.3) is 0 Å². The first-order valence-electron chi connectivity index (χ1n) is 2.86. The molecule has 58 valence electrons. The highest BCUT2D eigenvalue weighted by molar-refractivity contribution is 5.92. The van der Waals surface area contributed by atoms with Crippen molar-refractivity contribution in [2.24, 2.45) is 5.73 Å². The predicted molar refractivity (Wildman–Crippen MR) is 34.9 cm³/mol. The van der Waals surface area contributed by atoms with Gasteiger partial charge in [0.15, 0.2) is 11.6 Å². The van der Waals surface area contributed by atoms with Crippen LogP contribution in [-0.2, 0) is 0 Å². The van der Waals surface area contributed by atoms with Crippen LogP contribution >= 0.6 is 0 Å². The van der Waals surface area contributed by atoms with E-state index in [0.717, 1.165) is 12.1 Å². The Kier molecular flexibility index (Phi) is 1.85. The van der Waals surface area contributed by atoms with E-state index in [1.54, 1.807) is 0 Å². The second kappa shape index (κ2) is 2.65. The molecule has 11 heavy (non-hydrogen) atoms. The van der Waals surface area contributed by atoms with Gasteiger partial charge in [0, 0.05) is 0 Å². The third kappa shape index (κ3) is 1.34. The molecule has 2 N–H and O–H groups in total. The Morgan fingerprint density at radius 1 is 1.36 bits per heavy atom. The van der Waals surface area contributed by atoms with Crippen molar-refractivity contribution >= 4 is 5.91 Å². The maximum absolute atomic E-state index is 12.6. The summed E-state index contributed by atoms with van der Waals surface area (Å²) in [6.07, 6.45) is 0. The summed E-state index contributed by atoms with van der Waals surface area (Å²) < 4.78 is 24.9. The van der Waals surface area contributed by atoms with Gasteiger partial charge in [0.1, 0.15) is 0 Å². The first kappa shape index (κ1) is 7.65. The van der Waals surface area contributed by atoms with Crippen molar-refractivity contribution in [3.63, 3.8) is 0 Å². The van der Waals surface area contributed by atoms with Crippen molar-refractivity contribution in [1.29, 1.82) is 0 Å². The highest BCUT2D eigenvalue weighted by Gasteiger charge is 2.10. The average molecular weight is 157 g/mol. The number of nitrogens with two attached hydrogens (primary N) is 1. The number of primary amides is 1. The number of carbonyl (C=O) groups is 1. The molecule has 0 heterocycles. The monoisotopic (exact) mass is 157 g/mol. The van der Waals surface area contributed by atoms with Gasteiger partial charge in [0.2, 0.25) is 0 Å². The molecule has 2 nitrogen and oxygen atoms in total. The van der Waals surface area contributed by atoms with Crippen LogP contribution in [0.1, 0.15) is 10.4 Å². The number of amides is 1. The fourth-order valence-corrected chi connectivity index (χ4v) is 0.694. The molecule has 4 heteroatoms. The highest BCUT2D eigenvalue weighted by Crippen LogP contribution is 2.09. The molecule has 0 bridgehead atoms. The molecule has 0 aliphatic carbocycles. The number of hydrogen-bond acceptors (Lipinski definition) is 1. The second-order valence-corrected chi connectivity index (χ2v) is 1.97. The average Bonchev–Trinajstić information content (AvgIpc) is 1.94. The summed E-state index contributed by atoms with van der Waals surface area (Å²) in [7, 11) is 0. The van der Waals surface area contributed by atoms with Gasteiger partial charge in [0.25, 0.3) is 5.91 Å². The first-order valence-corrected chi connectivity index (χ1v) is 2.86. The molecule has 0 saturated carbocycles. The molecule has 1 aromatic carbocycles. The molecule has 1 amide bonds. The van der Waals surface area contributed by atoms with Crippen molar-refractivity contribution < 1.29 is 13.6 Å². The second-order valence-electron chi connectivity index (χ2n) is 1.97. The van der Waals surface area contributed by atoms with Crippen LogP contribution in [-0.4, -0.2) is 5.91 Å². The SMILES string of the molecule is NC(=O)c1cccc(F)c1F. The molecule has 1 aromatic rings. The smallest absolute Gasteiger partial charge is 0.251 e. The van der Waals surface area contributed by atoms with Crippen LogP contribution in [0.4, 0.5) is 8.78 Å². The Morgan fingerprint density at radius 3 is 2.45 bits per heavy atom. The molecule has 0 atom stereocenters. The highest BCUT2D eigenvalue weighted by atomic mass is 19.2. The lowest BCUT2D eigenvalue weighted by Crippen LogP contribution is -2.13. The molecule has 0 spiro atoms. The number of halogens is 2. The van der Waals surface area contributed by atoms with Crippen molar-refractivity contribution in [3.8, 4) is 0 Å².